The molecular weight excluding hydrogens is 226 g/mol. The molecule has 0 bridgehead atoms. The van der Waals surface area contributed by atoms with Gasteiger partial charge in [0.2, 0.25) is 10.0 Å². The summed E-state index contributed by atoms with van der Waals surface area (Å²) < 4.78 is 25.8. The normalized spacial score (nSPS) is 12.4. The van der Waals surface area contributed by atoms with Gasteiger partial charge in [-0.3, -0.25) is 4.72 Å². The van der Waals surface area contributed by atoms with E-state index in [-0.39, 0.29) is 11.2 Å². The Kier molecular flexibility index (Phi) is 3.42. The quantitative estimate of drug-likeness (QED) is 0.841. The van der Waals surface area contributed by atoms with Gasteiger partial charge < -0.3 is 5.73 Å². The molecule has 16 heavy (non-hydrogen) atoms. The van der Waals surface area contributed by atoms with E-state index in [2.05, 4.69) is 9.71 Å². The van der Waals surface area contributed by atoms with Crippen molar-refractivity contribution in [3.63, 3.8) is 0 Å². The molecule has 90 valence electrons. The second-order valence-electron chi connectivity index (χ2n) is 4.90. The van der Waals surface area contributed by atoms with E-state index in [4.69, 9.17) is 5.73 Å². The number of nitrogens with two attached hydrogens (primary N) is 1. The van der Waals surface area contributed by atoms with Crippen LogP contribution >= 0.6 is 0 Å². The molecule has 5 nitrogen and oxygen atoms in total. The number of nitrogen functional groups attached to an aromatic ring is 1. The van der Waals surface area contributed by atoms with E-state index < -0.39 is 10.0 Å². The van der Waals surface area contributed by atoms with Crippen molar-refractivity contribution in [1.29, 1.82) is 0 Å². The van der Waals surface area contributed by atoms with Gasteiger partial charge in [0.15, 0.2) is 0 Å². The molecule has 1 heterocycles. The van der Waals surface area contributed by atoms with Crippen LogP contribution in [0.15, 0.2) is 18.3 Å². The summed E-state index contributed by atoms with van der Waals surface area (Å²) in [4.78, 5) is 3.88. The maximum absolute atomic E-state index is 11.7. The lowest BCUT2D eigenvalue weighted by atomic mass is 10.0. The van der Waals surface area contributed by atoms with Crippen molar-refractivity contribution >= 4 is 21.5 Å². The Balaban J connectivity index is 2.77. The first-order valence-electron chi connectivity index (χ1n) is 4.90. The predicted molar refractivity (Wildman–Crippen MR) is 65.5 cm³/mol. The third-order valence-electron chi connectivity index (χ3n) is 1.67. The Bertz CT molecular complexity index is 446. The zero-order valence-corrected chi connectivity index (χ0v) is 10.5. The smallest absolute Gasteiger partial charge is 0.234 e. The average molecular weight is 243 g/mol. The largest absolute Gasteiger partial charge is 0.397 e. The number of nitrogens with zero attached hydrogens (tertiary/aromatic N) is 1. The van der Waals surface area contributed by atoms with Crippen LogP contribution in [0, 0.1) is 5.41 Å². The Morgan fingerprint density at radius 2 is 2.00 bits per heavy atom. The molecule has 0 amide bonds. The third-order valence-corrected chi connectivity index (χ3v) is 3.44. The minimum Gasteiger partial charge on any atom is -0.397 e. The van der Waals surface area contributed by atoms with Crippen LogP contribution in [0.5, 0.6) is 0 Å². The van der Waals surface area contributed by atoms with Gasteiger partial charge in [0.05, 0.1) is 17.6 Å². The molecule has 0 aromatic carbocycles. The summed E-state index contributed by atoms with van der Waals surface area (Å²) in [6.45, 7) is 5.59. The van der Waals surface area contributed by atoms with Crippen molar-refractivity contribution in [3.8, 4) is 0 Å². The molecule has 0 saturated carbocycles. The van der Waals surface area contributed by atoms with Gasteiger partial charge in [0, 0.05) is 0 Å². The van der Waals surface area contributed by atoms with Crippen molar-refractivity contribution in [2.24, 2.45) is 5.41 Å². The molecule has 0 radical (unpaired) electrons. The molecule has 6 heteroatoms. The molecular formula is C10H17N3O2S. The number of hydrogen-bond donors (Lipinski definition) is 2. The number of anilines is 2. The average Bonchev–Trinajstić information content (AvgIpc) is 2.04. The summed E-state index contributed by atoms with van der Waals surface area (Å²) in [5.41, 5.74) is 5.66. The molecule has 0 spiro atoms. The lowest BCUT2D eigenvalue weighted by Gasteiger charge is -2.18. The highest BCUT2D eigenvalue weighted by Gasteiger charge is 2.21. The van der Waals surface area contributed by atoms with E-state index in [0.29, 0.717) is 11.5 Å². The fourth-order valence-corrected chi connectivity index (χ4v) is 2.88. The van der Waals surface area contributed by atoms with Crippen molar-refractivity contribution in [1.82, 2.24) is 4.98 Å². The first-order chi connectivity index (χ1) is 7.18. The standard InChI is InChI=1S/C10H17N3O2S/c1-10(2,3)7-16(14,15)13-9-5-4-8(11)6-12-9/h4-6H,7,11H2,1-3H3,(H,12,13). The maximum atomic E-state index is 11.7. The SMILES string of the molecule is CC(C)(C)CS(=O)(=O)Nc1ccc(N)cn1. The fourth-order valence-electron chi connectivity index (χ4n) is 1.23. The Labute approximate surface area is 96.1 Å². The summed E-state index contributed by atoms with van der Waals surface area (Å²) in [5, 5.41) is 0. The Morgan fingerprint density at radius 1 is 1.38 bits per heavy atom. The number of nitrogens with one attached hydrogen (secondary N) is 1. The van der Waals surface area contributed by atoms with E-state index >= 15 is 0 Å². The molecule has 3 N–H and O–H groups in total. The Morgan fingerprint density at radius 3 is 2.44 bits per heavy atom. The highest BCUT2D eigenvalue weighted by atomic mass is 32.2. The molecule has 1 aromatic heterocycles. The predicted octanol–water partition coefficient (Wildman–Crippen LogP) is 1.45. The molecule has 0 aliphatic rings. The van der Waals surface area contributed by atoms with Gasteiger partial charge >= 0.3 is 0 Å². The summed E-state index contributed by atoms with van der Waals surface area (Å²) in [7, 11) is -3.36. The molecule has 1 aromatic rings. The highest BCUT2D eigenvalue weighted by molar-refractivity contribution is 7.92. The van der Waals surface area contributed by atoms with E-state index in [0.717, 1.165) is 0 Å². The molecule has 0 saturated heterocycles. The molecule has 1 rings (SSSR count). The van der Waals surface area contributed by atoms with Crippen molar-refractivity contribution in [2.45, 2.75) is 20.8 Å². The molecule has 0 aliphatic heterocycles. The highest BCUT2D eigenvalue weighted by Crippen LogP contribution is 2.17. The third kappa shape index (κ3) is 4.48. The minimum absolute atomic E-state index is 0.0477. The van der Waals surface area contributed by atoms with E-state index in [1.807, 2.05) is 20.8 Å². The lowest BCUT2D eigenvalue weighted by Crippen LogP contribution is -2.26. The Hall–Kier alpha value is -1.30. The van der Waals surface area contributed by atoms with E-state index in [1.54, 1.807) is 6.07 Å². The van der Waals surface area contributed by atoms with Gasteiger partial charge in [-0.15, -0.1) is 0 Å². The van der Waals surface area contributed by atoms with Gasteiger partial charge in [0.1, 0.15) is 5.82 Å². The first-order valence-corrected chi connectivity index (χ1v) is 6.55. The molecule has 0 atom stereocenters. The topological polar surface area (TPSA) is 85.1 Å². The van der Waals surface area contributed by atoms with Gasteiger partial charge in [0.25, 0.3) is 0 Å². The van der Waals surface area contributed by atoms with E-state index in [1.165, 1.54) is 12.3 Å². The maximum Gasteiger partial charge on any atom is 0.234 e. The van der Waals surface area contributed by atoms with Gasteiger partial charge in [-0.25, -0.2) is 13.4 Å². The van der Waals surface area contributed by atoms with Crippen LogP contribution in [0.1, 0.15) is 20.8 Å². The summed E-state index contributed by atoms with van der Waals surface area (Å²) in [6, 6.07) is 3.14. The van der Waals surface area contributed by atoms with Crippen LogP contribution in [0.25, 0.3) is 0 Å². The lowest BCUT2D eigenvalue weighted by molar-refractivity contribution is 0.463. The van der Waals surface area contributed by atoms with Crippen LogP contribution in [0.4, 0.5) is 11.5 Å². The van der Waals surface area contributed by atoms with Crippen LogP contribution in [-0.2, 0) is 10.0 Å². The number of aromatic nitrogens is 1. The van der Waals surface area contributed by atoms with Crippen LogP contribution in [-0.4, -0.2) is 19.2 Å². The second-order valence-corrected chi connectivity index (χ2v) is 6.62. The monoisotopic (exact) mass is 243 g/mol. The first kappa shape index (κ1) is 12.8. The molecule has 0 aliphatic carbocycles. The fraction of sp³-hybridized carbons (Fsp3) is 0.500. The molecule has 0 fully saturated rings. The summed E-state index contributed by atoms with van der Waals surface area (Å²) >= 11 is 0. The van der Waals surface area contributed by atoms with E-state index in [9.17, 15) is 8.42 Å². The summed E-state index contributed by atoms with van der Waals surface area (Å²) in [6.07, 6.45) is 1.41. The summed E-state index contributed by atoms with van der Waals surface area (Å²) in [5.74, 6) is 0.338. The van der Waals surface area contributed by atoms with Gasteiger partial charge in [-0.2, -0.15) is 0 Å². The number of pyridine rings is 1. The van der Waals surface area contributed by atoms with Crippen molar-refractivity contribution in [3.05, 3.63) is 18.3 Å². The zero-order valence-electron chi connectivity index (χ0n) is 9.69. The number of rotatable bonds is 3. The van der Waals surface area contributed by atoms with Crippen molar-refractivity contribution in [2.75, 3.05) is 16.2 Å². The second kappa shape index (κ2) is 4.29. The van der Waals surface area contributed by atoms with Crippen molar-refractivity contribution < 1.29 is 8.42 Å². The van der Waals surface area contributed by atoms with Crippen LogP contribution in [0.2, 0.25) is 0 Å². The zero-order chi connectivity index (χ0) is 12.4. The number of hydrogen-bond acceptors (Lipinski definition) is 4. The van der Waals surface area contributed by atoms with Gasteiger partial charge in [-0.05, 0) is 17.5 Å². The molecule has 0 unspecified atom stereocenters. The number of sulfonamides is 1. The van der Waals surface area contributed by atoms with Gasteiger partial charge in [-0.1, -0.05) is 20.8 Å². The van der Waals surface area contributed by atoms with Crippen LogP contribution in [0.3, 0.4) is 0 Å². The minimum atomic E-state index is -3.36. The van der Waals surface area contributed by atoms with Crippen LogP contribution < -0.4 is 10.5 Å².